The van der Waals surface area contributed by atoms with Gasteiger partial charge < -0.3 is 20.5 Å². The highest BCUT2D eigenvalue weighted by Crippen LogP contribution is 2.29. The van der Waals surface area contributed by atoms with Crippen LogP contribution in [0.25, 0.3) is 0 Å². The first-order valence-electron chi connectivity index (χ1n) is 10.7. The molecule has 0 saturated carbocycles. The maximum atomic E-state index is 12.5. The van der Waals surface area contributed by atoms with Crippen LogP contribution in [0.15, 0.2) is 71.8 Å². The van der Waals surface area contributed by atoms with Gasteiger partial charge in [0.1, 0.15) is 0 Å². The number of nitrogens with one attached hydrogen (secondary N) is 2. The molecule has 0 fully saturated rings. The molecule has 0 heterocycles. The van der Waals surface area contributed by atoms with Crippen molar-refractivity contribution in [3.8, 4) is 11.5 Å². The van der Waals surface area contributed by atoms with Gasteiger partial charge in [-0.15, -0.1) is 0 Å². The maximum absolute atomic E-state index is 12.5. The Morgan fingerprint density at radius 2 is 1.53 bits per heavy atom. The minimum Gasteiger partial charge on any atom is -0.493 e. The zero-order chi connectivity index (χ0) is 26.2. The van der Waals surface area contributed by atoms with Gasteiger partial charge in [-0.1, -0.05) is 18.2 Å². The Morgan fingerprint density at radius 3 is 2.17 bits per heavy atom. The van der Waals surface area contributed by atoms with E-state index in [1.807, 2.05) is 19.1 Å². The van der Waals surface area contributed by atoms with Gasteiger partial charge in [0, 0.05) is 16.8 Å². The number of nitrogens with two attached hydrogens (primary N) is 1. The fraction of sp³-hybridized carbons (Fsp3) is 0.115. The van der Waals surface area contributed by atoms with Crippen molar-refractivity contribution in [3.05, 3.63) is 89.0 Å². The van der Waals surface area contributed by atoms with Gasteiger partial charge >= 0.3 is 17.8 Å². The predicted octanol–water partition coefficient (Wildman–Crippen LogP) is 2.80. The number of ether oxygens (including phenoxy) is 2. The molecule has 36 heavy (non-hydrogen) atoms. The molecule has 3 rings (SSSR count). The highest BCUT2D eigenvalue weighted by Gasteiger charge is 2.16. The lowest BCUT2D eigenvalue weighted by Gasteiger charge is -2.12. The van der Waals surface area contributed by atoms with Crippen molar-refractivity contribution in [2.75, 3.05) is 12.4 Å². The van der Waals surface area contributed by atoms with Crippen LogP contribution in [0.5, 0.6) is 11.5 Å². The van der Waals surface area contributed by atoms with Gasteiger partial charge in [-0.25, -0.2) is 10.2 Å². The molecular formula is C26H24N4O6. The third-order valence-corrected chi connectivity index (χ3v) is 5.11. The molecule has 0 radical (unpaired) electrons. The number of nitrogens with zero attached hydrogens (tertiary/aromatic N) is 1. The predicted molar refractivity (Wildman–Crippen MR) is 133 cm³/mol. The number of carbonyl (C=O) groups is 4. The number of rotatable bonds is 7. The summed E-state index contributed by atoms with van der Waals surface area (Å²) in [4.78, 5) is 47.9. The molecular weight excluding hydrogens is 464 g/mol. The van der Waals surface area contributed by atoms with E-state index in [1.165, 1.54) is 31.4 Å². The first-order chi connectivity index (χ1) is 17.2. The molecule has 0 saturated heterocycles. The summed E-state index contributed by atoms with van der Waals surface area (Å²) in [7, 11) is 1.43. The van der Waals surface area contributed by atoms with Crippen LogP contribution >= 0.6 is 0 Å². The third kappa shape index (κ3) is 6.32. The van der Waals surface area contributed by atoms with E-state index >= 15 is 0 Å². The van der Waals surface area contributed by atoms with Crippen LogP contribution in [0.3, 0.4) is 0 Å². The van der Waals surface area contributed by atoms with Crippen LogP contribution in [0.4, 0.5) is 5.69 Å². The summed E-state index contributed by atoms with van der Waals surface area (Å²) in [5, 5.41) is 6.34. The second kappa shape index (κ2) is 11.4. The number of hydrogen-bond donors (Lipinski definition) is 3. The smallest absolute Gasteiger partial charge is 0.343 e. The van der Waals surface area contributed by atoms with Crippen molar-refractivity contribution in [1.82, 2.24) is 5.43 Å². The lowest BCUT2D eigenvalue weighted by molar-refractivity contribution is -0.136. The van der Waals surface area contributed by atoms with Crippen molar-refractivity contribution in [1.29, 1.82) is 0 Å². The molecule has 10 nitrogen and oxygen atoms in total. The Labute approximate surface area is 207 Å². The average Bonchev–Trinajstić information content (AvgIpc) is 2.87. The second-order valence-electron chi connectivity index (χ2n) is 7.60. The number of hydrazone groups is 1. The van der Waals surface area contributed by atoms with Crippen LogP contribution in [0.2, 0.25) is 0 Å². The van der Waals surface area contributed by atoms with Gasteiger partial charge in [0.05, 0.1) is 18.4 Å². The summed E-state index contributed by atoms with van der Waals surface area (Å²) in [6.07, 6.45) is 0. The van der Waals surface area contributed by atoms with Crippen molar-refractivity contribution >= 4 is 35.1 Å². The number of amides is 3. The zero-order valence-electron chi connectivity index (χ0n) is 19.8. The van der Waals surface area contributed by atoms with Crippen molar-refractivity contribution in [3.63, 3.8) is 0 Å². The quantitative estimate of drug-likeness (QED) is 0.153. The second-order valence-corrected chi connectivity index (χ2v) is 7.60. The molecule has 0 spiro atoms. The third-order valence-electron chi connectivity index (χ3n) is 5.11. The number of hydrogen-bond acceptors (Lipinski definition) is 7. The molecule has 0 aliphatic rings. The van der Waals surface area contributed by atoms with Crippen LogP contribution in [-0.4, -0.2) is 36.5 Å². The number of carbonyl (C=O) groups excluding carboxylic acids is 4. The number of anilines is 1. The minimum absolute atomic E-state index is 0.216. The highest BCUT2D eigenvalue weighted by atomic mass is 16.6. The average molecular weight is 489 g/mol. The van der Waals surface area contributed by atoms with Crippen molar-refractivity contribution in [2.45, 2.75) is 13.8 Å². The van der Waals surface area contributed by atoms with Crippen LogP contribution < -0.4 is 25.9 Å². The van der Waals surface area contributed by atoms with E-state index in [2.05, 4.69) is 15.8 Å². The summed E-state index contributed by atoms with van der Waals surface area (Å²) >= 11 is 0. The first-order valence-corrected chi connectivity index (χ1v) is 10.7. The van der Waals surface area contributed by atoms with E-state index in [0.29, 0.717) is 22.5 Å². The zero-order valence-corrected chi connectivity index (χ0v) is 19.8. The van der Waals surface area contributed by atoms with Crippen molar-refractivity contribution < 1.29 is 28.7 Å². The molecule has 0 aromatic heterocycles. The summed E-state index contributed by atoms with van der Waals surface area (Å²) < 4.78 is 10.8. The Hall–Kier alpha value is -4.99. The monoisotopic (exact) mass is 488 g/mol. The molecule has 3 aromatic carbocycles. The van der Waals surface area contributed by atoms with Gasteiger partial charge in [0.15, 0.2) is 11.5 Å². The molecule has 3 aromatic rings. The molecule has 4 N–H and O–H groups in total. The number of benzene rings is 3. The fourth-order valence-electron chi connectivity index (χ4n) is 3.09. The lowest BCUT2D eigenvalue weighted by Crippen LogP contribution is -2.33. The van der Waals surface area contributed by atoms with Crippen LogP contribution in [-0.2, 0) is 9.59 Å². The standard InChI is InChI=1S/C26H24N4O6/c1-15-6-4-5-7-20(15)26(34)36-21-13-10-18(14-22(21)35-3)16(2)29-30-25(33)24(32)28-19-11-8-17(9-12-19)23(27)31/h4-14H,1-3H3,(H2,27,31)(H,28,32)(H,30,33)/b29-16+. The topological polar surface area (TPSA) is 149 Å². The number of aryl methyl sites for hydroxylation is 1. The Kier molecular flexibility index (Phi) is 8.14. The molecule has 3 amide bonds. The highest BCUT2D eigenvalue weighted by molar-refractivity contribution is 6.39. The van der Waals surface area contributed by atoms with Gasteiger partial charge in [-0.05, 0) is 67.9 Å². The van der Waals surface area contributed by atoms with E-state index in [-0.39, 0.29) is 17.1 Å². The number of esters is 1. The summed E-state index contributed by atoms with van der Waals surface area (Å²) in [6, 6.07) is 17.6. The van der Waals surface area contributed by atoms with E-state index < -0.39 is 23.7 Å². The molecule has 0 aliphatic heterocycles. The molecule has 0 aliphatic carbocycles. The Morgan fingerprint density at radius 1 is 0.861 bits per heavy atom. The first kappa shape index (κ1) is 25.6. The van der Waals surface area contributed by atoms with Crippen LogP contribution in [0.1, 0.15) is 38.8 Å². The minimum atomic E-state index is -0.996. The van der Waals surface area contributed by atoms with Crippen LogP contribution in [0, 0.1) is 6.92 Å². The Bertz CT molecular complexity index is 1350. The molecule has 0 bridgehead atoms. The van der Waals surface area contributed by atoms with E-state index in [4.69, 9.17) is 15.2 Å². The van der Waals surface area contributed by atoms with Gasteiger partial charge in [-0.2, -0.15) is 5.10 Å². The van der Waals surface area contributed by atoms with E-state index in [0.717, 1.165) is 5.56 Å². The molecule has 184 valence electrons. The van der Waals surface area contributed by atoms with E-state index in [9.17, 15) is 19.2 Å². The maximum Gasteiger partial charge on any atom is 0.343 e. The summed E-state index contributed by atoms with van der Waals surface area (Å²) in [5.41, 5.74) is 10.1. The summed E-state index contributed by atoms with van der Waals surface area (Å²) in [6.45, 7) is 3.43. The van der Waals surface area contributed by atoms with Crippen molar-refractivity contribution in [2.24, 2.45) is 10.8 Å². The lowest BCUT2D eigenvalue weighted by atomic mass is 10.1. The van der Waals surface area contributed by atoms with E-state index in [1.54, 1.807) is 37.3 Å². The largest absolute Gasteiger partial charge is 0.493 e. The summed E-state index contributed by atoms with van der Waals surface area (Å²) in [5.74, 6) is -2.57. The molecule has 0 unspecified atom stereocenters. The molecule has 10 heteroatoms. The SMILES string of the molecule is COc1cc(/C(C)=N/NC(=O)C(=O)Nc2ccc(C(N)=O)cc2)ccc1OC(=O)c1ccccc1C. The van der Waals surface area contributed by atoms with Gasteiger partial charge in [-0.3, -0.25) is 14.4 Å². The molecule has 0 atom stereocenters. The van der Waals surface area contributed by atoms with Gasteiger partial charge in [0.25, 0.3) is 0 Å². The number of methoxy groups -OCH3 is 1. The Balaban J connectivity index is 1.65. The van der Waals surface area contributed by atoms with Gasteiger partial charge in [0.2, 0.25) is 5.91 Å². The normalized spacial score (nSPS) is 10.8. The fourth-order valence-corrected chi connectivity index (χ4v) is 3.09. The number of primary amides is 1.